The Morgan fingerprint density at radius 3 is 1.91 bits per heavy atom. The van der Waals surface area contributed by atoms with E-state index in [2.05, 4.69) is 204 Å². The van der Waals surface area contributed by atoms with Crippen molar-refractivity contribution < 1.29 is 4.42 Å². The standard InChI is InChI=1S/C50H32N2O/c1-3-14-33(15-4-1)38-28-29-45(40-21-10-9-20-39(38)40)52(46-24-13-25-48-50(46)43-30-34-16-7-8-17-35(34)31-49(43)53-48)37-26-27-42-41-22-11-12-23-44(41)51(47(42)32-37)36-18-5-2-6-19-36/h1-32H. The average molecular weight is 677 g/mol. The SMILES string of the molecule is c1ccc(-c2ccc(N(c3ccc4c5ccccc5n(-c5ccccc5)c4c3)c3cccc4oc5cc6ccccc6cc5c34)c3ccccc23)cc1. The Bertz CT molecular complexity index is 3170. The summed E-state index contributed by atoms with van der Waals surface area (Å²) in [6.07, 6.45) is 0. The molecule has 0 amide bonds. The molecule has 3 nitrogen and oxygen atoms in total. The van der Waals surface area contributed by atoms with E-state index in [4.69, 9.17) is 4.42 Å². The molecule has 0 aliphatic rings. The third-order valence-electron chi connectivity index (χ3n) is 10.7. The van der Waals surface area contributed by atoms with Crippen molar-refractivity contribution in [1.82, 2.24) is 4.57 Å². The van der Waals surface area contributed by atoms with Gasteiger partial charge in [0.1, 0.15) is 11.2 Å². The van der Waals surface area contributed by atoms with Gasteiger partial charge in [0.05, 0.1) is 27.8 Å². The van der Waals surface area contributed by atoms with Crippen LogP contribution in [0.3, 0.4) is 0 Å². The molecule has 9 aromatic carbocycles. The molecule has 11 aromatic rings. The van der Waals surface area contributed by atoms with Crippen LogP contribution in [0, 0.1) is 0 Å². The molecule has 0 aliphatic heterocycles. The molecule has 0 bridgehead atoms. The van der Waals surface area contributed by atoms with Crippen LogP contribution in [0.2, 0.25) is 0 Å². The third-order valence-corrected chi connectivity index (χ3v) is 10.7. The Morgan fingerprint density at radius 2 is 1.08 bits per heavy atom. The molecule has 3 heteroatoms. The zero-order valence-corrected chi connectivity index (χ0v) is 28.8. The van der Waals surface area contributed by atoms with Crippen LogP contribution in [-0.4, -0.2) is 4.57 Å². The Kier molecular flexibility index (Phi) is 6.55. The molecule has 53 heavy (non-hydrogen) atoms. The normalized spacial score (nSPS) is 11.8. The lowest BCUT2D eigenvalue weighted by atomic mass is 9.96. The summed E-state index contributed by atoms with van der Waals surface area (Å²) in [7, 11) is 0. The number of rotatable bonds is 5. The van der Waals surface area contributed by atoms with Gasteiger partial charge in [0.25, 0.3) is 0 Å². The highest BCUT2D eigenvalue weighted by Gasteiger charge is 2.23. The van der Waals surface area contributed by atoms with Gasteiger partial charge in [-0.15, -0.1) is 0 Å². The molecule has 0 aliphatic carbocycles. The summed E-state index contributed by atoms with van der Waals surface area (Å²) in [6.45, 7) is 0. The van der Waals surface area contributed by atoms with Crippen LogP contribution in [0.5, 0.6) is 0 Å². The van der Waals surface area contributed by atoms with E-state index in [0.29, 0.717) is 0 Å². The molecule has 2 aromatic heterocycles. The molecule has 11 rings (SSSR count). The van der Waals surface area contributed by atoms with E-state index in [-0.39, 0.29) is 0 Å². The molecule has 0 radical (unpaired) electrons. The van der Waals surface area contributed by atoms with Crippen molar-refractivity contribution >= 4 is 82.4 Å². The highest BCUT2D eigenvalue weighted by Crippen LogP contribution is 2.48. The van der Waals surface area contributed by atoms with E-state index in [9.17, 15) is 0 Å². The van der Waals surface area contributed by atoms with Gasteiger partial charge >= 0.3 is 0 Å². The number of para-hydroxylation sites is 2. The Labute approximate surface area is 306 Å². The topological polar surface area (TPSA) is 21.3 Å². The summed E-state index contributed by atoms with van der Waals surface area (Å²) in [5, 5.41) is 9.38. The zero-order chi connectivity index (χ0) is 34.9. The van der Waals surface area contributed by atoms with Gasteiger partial charge in [-0.05, 0) is 87.9 Å². The smallest absolute Gasteiger partial charge is 0.137 e. The molecule has 2 heterocycles. The van der Waals surface area contributed by atoms with E-state index in [1.54, 1.807) is 0 Å². The zero-order valence-electron chi connectivity index (χ0n) is 28.8. The summed E-state index contributed by atoms with van der Waals surface area (Å²) in [6, 6.07) is 69.8. The quantitative estimate of drug-likeness (QED) is 0.181. The second kappa shape index (κ2) is 11.7. The van der Waals surface area contributed by atoms with Gasteiger partial charge in [-0.25, -0.2) is 0 Å². The molecule has 0 saturated heterocycles. The number of hydrogen-bond donors (Lipinski definition) is 0. The lowest BCUT2D eigenvalue weighted by molar-refractivity contribution is 0.669. The lowest BCUT2D eigenvalue weighted by Crippen LogP contribution is -2.11. The lowest BCUT2D eigenvalue weighted by Gasteiger charge is -2.28. The number of anilines is 3. The molecule has 0 atom stereocenters. The minimum Gasteiger partial charge on any atom is -0.456 e. The number of fused-ring (bicyclic) bond motifs is 8. The monoisotopic (exact) mass is 676 g/mol. The molecule has 0 N–H and O–H groups in total. The van der Waals surface area contributed by atoms with Crippen LogP contribution in [-0.2, 0) is 0 Å². The number of benzene rings is 9. The summed E-state index contributed by atoms with van der Waals surface area (Å²) in [5.41, 5.74) is 10.9. The molecular weight excluding hydrogens is 645 g/mol. The second-order valence-electron chi connectivity index (χ2n) is 13.7. The van der Waals surface area contributed by atoms with Crippen LogP contribution in [0.1, 0.15) is 0 Å². The van der Waals surface area contributed by atoms with E-state index in [1.165, 1.54) is 49.0 Å². The molecule has 0 saturated carbocycles. The first-order valence-electron chi connectivity index (χ1n) is 18.1. The fourth-order valence-corrected chi connectivity index (χ4v) is 8.39. The molecule has 0 spiro atoms. The van der Waals surface area contributed by atoms with Crippen LogP contribution < -0.4 is 4.90 Å². The number of nitrogens with zero attached hydrogens (tertiary/aromatic N) is 2. The van der Waals surface area contributed by atoms with Crippen molar-refractivity contribution in [3.63, 3.8) is 0 Å². The number of aromatic nitrogens is 1. The van der Waals surface area contributed by atoms with Crippen molar-refractivity contribution in [1.29, 1.82) is 0 Å². The summed E-state index contributed by atoms with van der Waals surface area (Å²) in [4.78, 5) is 2.44. The van der Waals surface area contributed by atoms with Crippen LogP contribution >= 0.6 is 0 Å². The molecule has 248 valence electrons. The predicted octanol–water partition coefficient (Wildman–Crippen LogP) is 14.1. The number of hydrogen-bond acceptors (Lipinski definition) is 2. The van der Waals surface area contributed by atoms with Gasteiger partial charge < -0.3 is 13.9 Å². The minimum absolute atomic E-state index is 0.863. The van der Waals surface area contributed by atoms with Gasteiger partial charge in [-0.2, -0.15) is 0 Å². The maximum absolute atomic E-state index is 6.64. The predicted molar refractivity (Wildman–Crippen MR) is 223 cm³/mol. The fraction of sp³-hybridized carbons (Fsp3) is 0. The average Bonchev–Trinajstić information content (AvgIpc) is 3.76. The summed E-state index contributed by atoms with van der Waals surface area (Å²) < 4.78 is 9.04. The van der Waals surface area contributed by atoms with E-state index in [1.807, 2.05) is 0 Å². The Hall–Kier alpha value is -7.10. The minimum atomic E-state index is 0.863. The third kappa shape index (κ3) is 4.61. The van der Waals surface area contributed by atoms with Crippen molar-refractivity contribution in [2.24, 2.45) is 0 Å². The first-order valence-corrected chi connectivity index (χ1v) is 18.1. The maximum atomic E-state index is 6.64. The van der Waals surface area contributed by atoms with E-state index >= 15 is 0 Å². The first kappa shape index (κ1) is 29.6. The van der Waals surface area contributed by atoms with E-state index < -0.39 is 0 Å². The fourth-order valence-electron chi connectivity index (χ4n) is 8.39. The van der Waals surface area contributed by atoms with Crippen molar-refractivity contribution in [3.05, 3.63) is 194 Å². The highest BCUT2D eigenvalue weighted by atomic mass is 16.3. The van der Waals surface area contributed by atoms with Crippen LogP contribution in [0.4, 0.5) is 17.1 Å². The van der Waals surface area contributed by atoms with Gasteiger partial charge in [0.2, 0.25) is 0 Å². The van der Waals surface area contributed by atoms with Gasteiger partial charge in [-0.1, -0.05) is 133 Å². The van der Waals surface area contributed by atoms with Gasteiger partial charge in [0.15, 0.2) is 0 Å². The van der Waals surface area contributed by atoms with Crippen LogP contribution in [0.25, 0.3) is 82.1 Å². The summed E-state index contributed by atoms with van der Waals surface area (Å²) >= 11 is 0. The van der Waals surface area contributed by atoms with Gasteiger partial charge in [-0.3, -0.25) is 0 Å². The largest absolute Gasteiger partial charge is 0.456 e. The highest BCUT2D eigenvalue weighted by molar-refractivity contribution is 6.18. The van der Waals surface area contributed by atoms with Crippen LogP contribution in [0.15, 0.2) is 199 Å². The molecule has 0 fully saturated rings. The molecular formula is C50H32N2O. The number of furan rings is 1. The van der Waals surface area contributed by atoms with Crippen molar-refractivity contribution in [2.45, 2.75) is 0 Å². The van der Waals surface area contributed by atoms with Crippen molar-refractivity contribution in [3.8, 4) is 16.8 Å². The maximum Gasteiger partial charge on any atom is 0.137 e. The molecule has 0 unspecified atom stereocenters. The first-order chi connectivity index (χ1) is 26.3. The summed E-state index contributed by atoms with van der Waals surface area (Å²) in [5.74, 6) is 0. The van der Waals surface area contributed by atoms with E-state index in [0.717, 1.165) is 50.2 Å². The Balaban J connectivity index is 1.25. The van der Waals surface area contributed by atoms with Gasteiger partial charge in [0, 0.05) is 32.9 Å². The van der Waals surface area contributed by atoms with Crippen molar-refractivity contribution in [2.75, 3.05) is 4.90 Å². The Morgan fingerprint density at radius 1 is 0.396 bits per heavy atom. The second-order valence-corrected chi connectivity index (χ2v) is 13.7.